The molecule has 3 aliphatic rings. The maximum atomic E-state index is 12.1. The standard InChI is InChI=1S/C13H20O4/c1-2-15-12(14)10-8-3-4-9(7-8)11(10)13-16-5-6-17-13/h8-11,13H,2-7H2,1H3. The van der Waals surface area contributed by atoms with Gasteiger partial charge in [-0.15, -0.1) is 0 Å². The fraction of sp³-hybridized carbons (Fsp3) is 0.923. The normalized spacial score (nSPS) is 41.0. The summed E-state index contributed by atoms with van der Waals surface area (Å²) in [6.45, 7) is 3.65. The zero-order valence-electron chi connectivity index (χ0n) is 10.3. The van der Waals surface area contributed by atoms with Crippen LogP contribution >= 0.6 is 0 Å². The van der Waals surface area contributed by atoms with E-state index in [0.29, 0.717) is 31.7 Å². The highest BCUT2D eigenvalue weighted by Gasteiger charge is 2.55. The van der Waals surface area contributed by atoms with E-state index < -0.39 is 0 Å². The summed E-state index contributed by atoms with van der Waals surface area (Å²) in [5.41, 5.74) is 0. The molecule has 0 aromatic rings. The minimum Gasteiger partial charge on any atom is -0.466 e. The van der Waals surface area contributed by atoms with Crippen molar-refractivity contribution in [3.05, 3.63) is 0 Å². The van der Waals surface area contributed by atoms with Gasteiger partial charge in [0.05, 0.1) is 25.7 Å². The number of esters is 1. The van der Waals surface area contributed by atoms with Gasteiger partial charge in [-0.3, -0.25) is 4.79 Å². The van der Waals surface area contributed by atoms with E-state index in [1.165, 1.54) is 6.42 Å². The zero-order valence-corrected chi connectivity index (χ0v) is 10.3. The molecular formula is C13H20O4. The molecule has 2 bridgehead atoms. The van der Waals surface area contributed by atoms with Gasteiger partial charge in [-0.05, 0) is 38.0 Å². The topological polar surface area (TPSA) is 44.8 Å². The number of ether oxygens (including phenoxy) is 3. The van der Waals surface area contributed by atoms with E-state index in [2.05, 4.69) is 0 Å². The molecule has 1 aliphatic heterocycles. The van der Waals surface area contributed by atoms with Crippen molar-refractivity contribution in [2.75, 3.05) is 19.8 Å². The highest BCUT2D eigenvalue weighted by Crippen LogP contribution is 2.54. The molecule has 3 rings (SSSR count). The maximum absolute atomic E-state index is 12.1. The summed E-state index contributed by atoms with van der Waals surface area (Å²) in [5, 5.41) is 0. The molecule has 4 heteroatoms. The largest absolute Gasteiger partial charge is 0.466 e. The van der Waals surface area contributed by atoms with Crippen LogP contribution in [0.3, 0.4) is 0 Å². The minimum atomic E-state index is -0.167. The average molecular weight is 240 g/mol. The molecule has 1 heterocycles. The predicted molar refractivity (Wildman–Crippen MR) is 60.1 cm³/mol. The van der Waals surface area contributed by atoms with Crippen LogP contribution in [0.4, 0.5) is 0 Å². The van der Waals surface area contributed by atoms with Gasteiger partial charge in [0.15, 0.2) is 6.29 Å². The third-order valence-corrected chi connectivity index (χ3v) is 4.50. The van der Waals surface area contributed by atoms with Gasteiger partial charge in [0.2, 0.25) is 0 Å². The molecule has 4 unspecified atom stereocenters. The summed E-state index contributed by atoms with van der Waals surface area (Å²) in [6.07, 6.45) is 3.36. The molecule has 2 saturated carbocycles. The summed E-state index contributed by atoms with van der Waals surface area (Å²) in [5.74, 6) is 1.30. The van der Waals surface area contributed by atoms with Crippen molar-refractivity contribution in [1.29, 1.82) is 0 Å². The Morgan fingerprint density at radius 1 is 1.24 bits per heavy atom. The van der Waals surface area contributed by atoms with Crippen molar-refractivity contribution in [2.24, 2.45) is 23.7 Å². The van der Waals surface area contributed by atoms with E-state index in [-0.39, 0.29) is 24.1 Å². The van der Waals surface area contributed by atoms with Crippen molar-refractivity contribution in [3.63, 3.8) is 0 Å². The van der Waals surface area contributed by atoms with E-state index in [9.17, 15) is 4.79 Å². The van der Waals surface area contributed by atoms with Gasteiger partial charge < -0.3 is 14.2 Å². The van der Waals surface area contributed by atoms with Crippen molar-refractivity contribution in [2.45, 2.75) is 32.5 Å². The summed E-state index contributed by atoms with van der Waals surface area (Å²) in [4.78, 5) is 12.1. The Balaban J connectivity index is 1.76. The minimum absolute atomic E-state index is 0.0109. The van der Waals surface area contributed by atoms with Crippen molar-refractivity contribution in [3.8, 4) is 0 Å². The Labute approximate surface area is 102 Å². The maximum Gasteiger partial charge on any atom is 0.309 e. The fourth-order valence-electron chi connectivity index (χ4n) is 3.91. The second-order valence-electron chi connectivity index (χ2n) is 5.30. The number of hydrogen-bond acceptors (Lipinski definition) is 4. The number of rotatable bonds is 3. The SMILES string of the molecule is CCOC(=O)C1C2CCC(C2)C1C1OCCO1. The van der Waals surface area contributed by atoms with Crippen LogP contribution in [0.2, 0.25) is 0 Å². The molecule has 4 atom stereocenters. The molecule has 3 fully saturated rings. The smallest absolute Gasteiger partial charge is 0.309 e. The van der Waals surface area contributed by atoms with Crippen LogP contribution in [0.15, 0.2) is 0 Å². The molecule has 0 aromatic carbocycles. The number of carbonyl (C=O) groups is 1. The molecule has 0 radical (unpaired) electrons. The van der Waals surface area contributed by atoms with E-state index in [1.807, 2.05) is 6.92 Å². The Kier molecular flexibility index (Phi) is 3.09. The average Bonchev–Trinajstić information content (AvgIpc) is 3.04. The molecule has 2 aliphatic carbocycles. The number of carbonyl (C=O) groups excluding carboxylic acids is 1. The summed E-state index contributed by atoms with van der Waals surface area (Å²) < 4.78 is 16.5. The Hall–Kier alpha value is -0.610. The molecule has 0 amide bonds. The lowest BCUT2D eigenvalue weighted by Gasteiger charge is -2.32. The molecule has 0 spiro atoms. The van der Waals surface area contributed by atoms with E-state index >= 15 is 0 Å². The first-order chi connectivity index (χ1) is 8.31. The highest BCUT2D eigenvalue weighted by atomic mass is 16.7. The van der Waals surface area contributed by atoms with Crippen molar-refractivity contribution < 1.29 is 19.0 Å². The first-order valence-electron chi connectivity index (χ1n) is 6.71. The third-order valence-electron chi connectivity index (χ3n) is 4.50. The third kappa shape index (κ3) is 1.87. The fourth-order valence-corrected chi connectivity index (χ4v) is 3.91. The summed E-state index contributed by atoms with van der Waals surface area (Å²) in [7, 11) is 0. The van der Waals surface area contributed by atoms with Crippen LogP contribution in [-0.4, -0.2) is 32.1 Å². The quantitative estimate of drug-likeness (QED) is 0.703. The van der Waals surface area contributed by atoms with E-state index in [0.717, 1.165) is 12.8 Å². The van der Waals surface area contributed by atoms with Crippen LogP contribution in [0.5, 0.6) is 0 Å². The predicted octanol–water partition coefficient (Wildman–Crippen LogP) is 1.58. The Morgan fingerprint density at radius 3 is 2.65 bits per heavy atom. The second-order valence-corrected chi connectivity index (χ2v) is 5.30. The first kappa shape index (κ1) is 11.5. The highest BCUT2D eigenvalue weighted by molar-refractivity contribution is 5.74. The van der Waals surface area contributed by atoms with Crippen LogP contribution in [0.1, 0.15) is 26.2 Å². The van der Waals surface area contributed by atoms with Gasteiger partial charge in [-0.25, -0.2) is 0 Å². The number of hydrogen-bond donors (Lipinski definition) is 0. The monoisotopic (exact) mass is 240 g/mol. The zero-order chi connectivity index (χ0) is 11.8. The number of fused-ring (bicyclic) bond motifs is 2. The van der Waals surface area contributed by atoms with Crippen LogP contribution in [0, 0.1) is 23.7 Å². The van der Waals surface area contributed by atoms with Gasteiger partial charge in [0, 0.05) is 5.92 Å². The van der Waals surface area contributed by atoms with E-state index in [4.69, 9.17) is 14.2 Å². The molecular weight excluding hydrogens is 220 g/mol. The lowest BCUT2D eigenvalue weighted by Crippen LogP contribution is -2.38. The molecule has 0 N–H and O–H groups in total. The first-order valence-corrected chi connectivity index (χ1v) is 6.71. The molecule has 4 nitrogen and oxygen atoms in total. The summed E-state index contributed by atoms with van der Waals surface area (Å²) >= 11 is 0. The lowest BCUT2D eigenvalue weighted by molar-refractivity contribution is -0.163. The Morgan fingerprint density at radius 2 is 1.94 bits per heavy atom. The molecule has 1 saturated heterocycles. The van der Waals surface area contributed by atoms with Crippen LogP contribution in [0.25, 0.3) is 0 Å². The lowest BCUT2D eigenvalue weighted by atomic mass is 9.79. The van der Waals surface area contributed by atoms with Crippen LogP contribution in [-0.2, 0) is 19.0 Å². The van der Waals surface area contributed by atoms with Gasteiger partial charge in [-0.1, -0.05) is 0 Å². The molecule has 96 valence electrons. The van der Waals surface area contributed by atoms with Gasteiger partial charge in [0.1, 0.15) is 0 Å². The molecule has 17 heavy (non-hydrogen) atoms. The molecule has 0 aromatic heterocycles. The summed E-state index contributed by atoms with van der Waals surface area (Å²) in [6, 6.07) is 0. The van der Waals surface area contributed by atoms with Gasteiger partial charge in [-0.2, -0.15) is 0 Å². The van der Waals surface area contributed by atoms with Gasteiger partial charge >= 0.3 is 5.97 Å². The van der Waals surface area contributed by atoms with Crippen molar-refractivity contribution in [1.82, 2.24) is 0 Å². The van der Waals surface area contributed by atoms with E-state index in [1.54, 1.807) is 0 Å². The van der Waals surface area contributed by atoms with Crippen LogP contribution < -0.4 is 0 Å². The Bertz CT molecular complexity index is 298. The van der Waals surface area contributed by atoms with Gasteiger partial charge in [0.25, 0.3) is 0 Å². The second kappa shape index (κ2) is 4.58. The van der Waals surface area contributed by atoms with Crippen molar-refractivity contribution >= 4 is 5.97 Å².